The van der Waals surface area contributed by atoms with Crippen LogP contribution in [0.5, 0.6) is 11.5 Å². The Labute approximate surface area is 115 Å². The molecular weight excluding hydrogens is 264 g/mol. The van der Waals surface area contributed by atoms with Gasteiger partial charge in [0.1, 0.15) is 5.75 Å². The van der Waals surface area contributed by atoms with Gasteiger partial charge in [-0.15, -0.1) is 0 Å². The van der Waals surface area contributed by atoms with Crippen molar-refractivity contribution in [3.8, 4) is 11.5 Å². The van der Waals surface area contributed by atoms with Crippen LogP contribution in [0, 0.1) is 11.6 Å². The van der Waals surface area contributed by atoms with Gasteiger partial charge in [0.2, 0.25) is 0 Å². The van der Waals surface area contributed by atoms with Crippen LogP contribution in [-0.4, -0.2) is 12.2 Å². The number of hydrogen-bond acceptors (Lipinski definition) is 3. The lowest BCUT2D eigenvalue weighted by molar-refractivity contribution is 0.281. The Balaban J connectivity index is 2.23. The highest BCUT2D eigenvalue weighted by atomic mass is 19.1. The van der Waals surface area contributed by atoms with E-state index in [4.69, 9.17) is 9.84 Å². The lowest BCUT2D eigenvalue weighted by atomic mass is 10.2. The summed E-state index contributed by atoms with van der Waals surface area (Å²) in [6, 6.07) is 8.81. The molecule has 0 radical (unpaired) electrons. The molecule has 0 amide bonds. The van der Waals surface area contributed by atoms with Crippen LogP contribution >= 0.6 is 0 Å². The molecule has 2 N–H and O–H groups in total. The second-order valence-electron chi connectivity index (χ2n) is 4.32. The topological polar surface area (TPSA) is 41.5 Å². The van der Waals surface area contributed by atoms with Gasteiger partial charge in [-0.05, 0) is 42.4 Å². The van der Waals surface area contributed by atoms with Gasteiger partial charge in [-0.3, -0.25) is 0 Å². The lowest BCUT2D eigenvalue weighted by Crippen LogP contribution is -2.06. The van der Waals surface area contributed by atoms with Crippen molar-refractivity contribution in [2.24, 2.45) is 0 Å². The van der Waals surface area contributed by atoms with E-state index in [2.05, 4.69) is 5.32 Å². The molecule has 2 aromatic carbocycles. The number of ether oxygens (including phenoxy) is 1. The number of benzene rings is 2. The van der Waals surface area contributed by atoms with Gasteiger partial charge in [0.15, 0.2) is 17.4 Å². The molecule has 0 fully saturated rings. The zero-order chi connectivity index (χ0) is 14.5. The van der Waals surface area contributed by atoms with Gasteiger partial charge in [0, 0.05) is 6.54 Å². The first-order valence-electron chi connectivity index (χ1n) is 6.14. The molecule has 3 nitrogen and oxygen atoms in total. The normalized spacial score (nSPS) is 10.6. The molecule has 20 heavy (non-hydrogen) atoms. The molecule has 2 aromatic rings. The van der Waals surface area contributed by atoms with Gasteiger partial charge in [-0.1, -0.05) is 12.1 Å². The number of hydrogen-bond donors (Lipinski definition) is 2. The van der Waals surface area contributed by atoms with Crippen molar-refractivity contribution >= 4 is 0 Å². The Morgan fingerprint density at radius 1 is 1.05 bits per heavy atom. The van der Waals surface area contributed by atoms with Crippen molar-refractivity contribution in [2.45, 2.75) is 13.2 Å². The molecule has 0 saturated heterocycles. The van der Waals surface area contributed by atoms with Crippen molar-refractivity contribution in [3.63, 3.8) is 0 Å². The highest BCUT2D eigenvalue weighted by Gasteiger charge is 2.13. The Morgan fingerprint density at radius 3 is 2.15 bits per heavy atom. The predicted octanol–water partition coefficient (Wildman–Crippen LogP) is 2.97. The van der Waals surface area contributed by atoms with Crippen LogP contribution in [0.3, 0.4) is 0 Å². The van der Waals surface area contributed by atoms with E-state index in [0.29, 0.717) is 23.4 Å². The molecule has 5 heteroatoms. The highest BCUT2D eigenvalue weighted by molar-refractivity contribution is 5.36. The van der Waals surface area contributed by atoms with E-state index in [9.17, 15) is 8.78 Å². The molecule has 0 heterocycles. The number of aliphatic hydroxyl groups is 1. The summed E-state index contributed by atoms with van der Waals surface area (Å²) in [5, 5.41) is 11.7. The van der Waals surface area contributed by atoms with E-state index in [1.165, 1.54) is 12.1 Å². The van der Waals surface area contributed by atoms with Gasteiger partial charge < -0.3 is 15.2 Å². The number of rotatable bonds is 5. The zero-order valence-corrected chi connectivity index (χ0v) is 11.0. The second-order valence-corrected chi connectivity index (χ2v) is 4.32. The largest absolute Gasteiger partial charge is 0.451 e. The fourth-order valence-corrected chi connectivity index (χ4v) is 1.80. The lowest BCUT2D eigenvalue weighted by Gasteiger charge is -2.10. The van der Waals surface area contributed by atoms with Gasteiger partial charge in [-0.2, -0.15) is 0 Å². The van der Waals surface area contributed by atoms with Crippen molar-refractivity contribution in [3.05, 3.63) is 59.2 Å². The highest BCUT2D eigenvalue weighted by Crippen LogP contribution is 2.28. The average Bonchev–Trinajstić information content (AvgIpc) is 2.44. The number of halogens is 2. The van der Waals surface area contributed by atoms with Crippen LogP contribution in [0.2, 0.25) is 0 Å². The smallest absolute Gasteiger partial charge is 0.198 e. The molecule has 0 aliphatic rings. The van der Waals surface area contributed by atoms with E-state index in [-0.39, 0.29) is 6.61 Å². The summed E-state index contributed by atoms with van der Waals surface area (Å²) in [6.45, 7) is 0.279. The summed E-state index contributed by atoms with van der Waals surface area (Å²) in [7, 11) is 1.70. The van der Waals surface area contributed by atoms with Crippen LogP contribution in [0.25, 0.3) is 0 Å². The molecule has 0 atom stereocenters. The number of aliphatic hydroxyl groups excluding tert-OH is 1. The van der Waals surface area contributed by atoms with Crippen molar-refractivity contribution < 1.29 is 18.6 Å². The standard InChI is InChI=1S/C15H15F2NO2/c1-18-8-11-6-13(16)15(14(17)7-11)20-12-4-2-10(9-19)3-5-12/h2-7,18-19H,8-9H2,1H3. The van der Waals surface area contributed by atoms with Gasteiger partial charge >= 0.3 is 0 Å². The molecule has 0 unspecified atom stereocenters. The Morgan fingerprint density at radius 2 is 1.65 bits per heavy atom. The summed E-state index contributed by atoms with van der Waals surface area (Å²) in [5.41, 5.74) is 1.20. The molecule has 0 bridgehead atoms. The molecule has 0 aliphatic carbocycles. The predicted molar refractivity (Wildman–Crippen MR) is 71.6 cm³/mol. The molecule has 0 saturated carbocycles. The molecule has 0 aromatic heterocycles. The second kappa shape index (κ2) is 6.45. The first-order valence-corrected chi connectivity index (χ1v) is 6.14. The summed E-state index contributed by atoms with van der Waals surface area (Å²) >= 11 is 0. The van der Waals surface area contributed by atoms with Crippen LogP contribution in [0.4, 0.5) is 8.78 Å². The Kier molecular flexibility index (Phi) is 4.65. The van der Waals surface area contributed by atoms with Crippen molar-refractivity contribution in [1.82, 2.24) is 5.32 Å². The van der Waals surface area contributed by atoms with E-state index >= 15 is 0 Å². The molecule has 2 rings (SSSR count). The van der Waals surface area contributed by atoms with E-state index in [1.54, 1.807) is 31.3 Å². The molecule has 0 aliphatic heterocycles. The fourth-order valence-electron chi connectivity index (χ4n) is 1.80. The van der Waals surface area contributed by atoms with Crippen LogP contribution in [0.15, 0.2) is 36.4 Å². The minimum absolute atomic E-state index is 0.0955. The molecular formula is C15H15F2NO2. The third-order valence-corrected chi connectivity index (χ3v) is 2.76. The van der Waals surface area contributed by atoms with Crippen molar-refractivity contribution in [1.29, 1.82) is 0 Å². The molecule has 0 spiro atoms. The van der Waals surface area contributed by atoms with E-state index in [1.807, 2.05) is 0 Å². The van der Waals surface area contributed by atoms with Crippen LogP contribution < -0.4 is 10.1 Å². The van der Waals surface area contributed by atoms with Crippen molar-refractivity contribution in [2.75, 3.05) is 7.05 Å². The molecule has 106 valence electrons. The quantitative estimate of drug-likeness (QED) is 0.884. The Bertz CT molecular complexity index is 562. The summed E-state index contributed by atoms with van der Waals surface area (Å²) in [5.74, 6) is -1.62. The average molecular weight is 279 g/mol. The van der Waals surface area contributed by atoms with E-state index < -0.39 is 17.4 Å². The van der Waals surface area contributed by atoms with Crippen LogP contribution in [-0.2, 0) is 13.2 Å². The number of nitrogens with one attached hydrogen (secondary N) is 1. The fraction of sp³-hybridized carbons (Fsp3) is 0.200. The minimum Gasteiger partial charge on any atom is -0.451 e. The maximum absolute atomic E-state index is 13.8. The maximum atomic E-state index is 13.8. The third kappa shape index (κ3) is 3.31. The Hall–Kier alpha value is -1.98. The summed E-state index contributed by atoms with van der Waals surface area (Å²) < 4.78 is 32.9. The van der Waals surface area contributed by atoms with Gasteiger partial charge in [0.25, 0.3) is 0 Å². The first kappa shape index (κ1) is 14.4. The maximum Gasteiger partial charge on any atom is 0.198 e. The van der Waals surface area contributed by atoms with Gasteiger partial charge in [0.05, 0.1) is 6.61 Å². The van der Waals surface area contributed by atoms with Gasteiger partial charge in [-0.25, -0.2) is 8.78 Å². The third-order valence-electron chi connectivity index (χ3n) is 2.76. The van der Waals surface area contributed by atoms with E-state index in [0.717, 1.165) is 0 Å². The first-order chi connectivity index (χ1) is 9.63. The zero-order valence-electron chi connectivity index (χ0n) is 11.0. The minimum atomic E-state index is -0.749. The van der Waals surface area contributed by atoms with Crippen LogP contribution in [0.1, 0.15) is 11.1 Å². The summed E-state index contributed by atoms with van der Waals surface area (Å²) in [6.07, 6.45) is 0. The SMILES string of the molecule is CNCc1cc(F)c(Oc2ccc(CO)cc2)c(F)c1. The monoisotopic (exact) mass is 279 g/mol. The summed E-state index contributed by atoms with van der Waals surface area (Å²) in [4.78, 5) is 0.